The number of ether oxygens (including phenoxy) is 1. The molecule has 126 valence electrons. The standard InChI is InChI=1S/C21H19ClN2O/c1-15-11-16(2)13-21(12-15)25-20-9-3-17(4-10-20)14-23-24-19-7-5-18(22)6-8-19/h3-14,24H,1-2H3. The Kier molecular flexibility index (Phi) is 5.36. The Morgan fingerprint density at radius 2 is 1.48 bits per heavy atom. The Morgan fingerprint density at radius 3 is 2.12 bits per heavy atom. The summed E-state index contributed by atoms with van der Waals surface area (Å²) in [7, 11) is 0. The molecule has 0 saturated heterocycles. The molecule has 0 spiro atoms. The summed E-state index contributed by atoms with van der Waals surface area (Å²) in [5, 5.41) is 4.92. The summed E-state index contributed by atoms with van der Waals surface area (Å²) in [6.07, 6.45) is 1.76. The predicted molar refractivity (Wildman–Crippen MR) is 105 cm³/mol. The highest BCUT2D eigenvalue weighted by Gasteiger charge is 1.99. The van der Waals surface area contributed by atoms with E-state index >= 15 is 0 Å². The van der Waals surface area contributed by atoms with Gasteiger partial charge in [-0.3, -0.25) is 5.43 Å². The molecule has 3 rings (SSSR count). The molecule has 0 atom stereocenters. The zero-order valence-electron chi connectivity index (χ0n) is 14.2. The number of benzene rings is 3. The number of hydrogen-bond acceptors (Lipinski definition) is 3. The van der Waals surface area contributed by atoms with E-state index in [0.29, 0.717) is 5.02 Å². The van der Waals surface area contributed by atoms with Gasteiger partial charge in [0.25, 0.3) is 0 Å². The summed E-state index contributed by atoms with van der Waals surface area (Å²) in [6, 6.07) is 21.4. The van der Waals surface area contributed by atoms with Crippen LogP contribution in [-0.2, 0) is 0 Å². The highest BCUT2D eigenvalue weighted by atomic mass is 35.5. The number of aryl methyl sites for hydroxylation is 2. The van der Waals surface area contributed by atoms with E-state index in [1.54, 1.807) is 6.21 Å². The molecule has 3 aromatic rings. The van der Waals surface area contributed by atoms with Gasteiger partial charge in [0.15, 0.2) is 0 Å². The number of nitrogens with one attached hydrogen (secondary N) is 1. The van der Waals surface area contributed by atoms with E-state index < -0.39 is 0 Å². The van der Waals surface area contributed by atoms with E-state index in [2.05, 4.69) is 30.4 Å². The van der Waals surface area contributed by atoms with Crippen LogP contribution < -0.4 is 10.2 Å². The van der Waals surface area contributed by atoms with Gasteiger partial charge in [0, 0.05) is 5.02 Å². The Morgan fingerprint density at radius 1 is 0.840 bits per heavy atom. The molecular weight excluding hydrogens is 332 g/mol. The van der Waals surface area contributed by atoms with E-state index in [-0.39, 0.29) is 0 Å². The van der Waals surface area contributed by atoms with Crippen molar-refractivity contribution in [1.29, 1.82) is 0 Å². The molecule has 1 N–H and O–H groups in total. The molecule has 0 bridgehead atoms. The topological polar surface area (TPSA) is 33.6 Å². The maximum atomic E-state index is 5.91. The summed E-state index contributed by atoms with van der Waals surface area (Å²) in [5.74, 6) is 1.65. The second-order valence-electron chi connectivity index (χ2n) is 5.87. The van der Waals surface area contributed by atoms with E-state index in [9.17, 15) is 0 Å². The van der Waals surface area contributed by atoms with Gasteiger partial charge in [0.05, 0.1) is 11.9 Å². The lowest BCUT2D eigenvalue weighted by molar-refractivity contribution is 0.482. The number of nitrogens with zero attached hydrogens (tertiary/aromatic N) is 1. The van der Waals surface area contributed by atoms with Crippen molar-refractivity contribution in [3.05, 3.63) is 88.4 Å². The van der Waals surface area contributed by atoms with E-state index in [4.69, 9.17) is 16.3 Å². The normalized spacial score (nSPS) is 10.8. The van der Waals surface area contributed by atoms with Gasteiger partial charge in [-0.2, -0.15) is 5.10 Å². The van der Waals surface area contributed by atoms with Crippen LogP contribution in [0.5, 0.6) is 11.5 Å². The third-order valence-electron chi connectivity index (χ3n) is 3.56. The van der Waals surface area contributed by atoms with Crippen molar-refractivity contribution in [2.45, 2.75) is 13.8 Å². The Balaban J connectivity index is 1.61. The third kappa shape index (κ3) is 5.10. The Labute approximate surface area is 152 Å². The highest BCUT2D eigenvalue weighted by molar-refractivity contribution is 6.30. The second-order valence-corrected chi connectivity index (χ2v) is 6.31. The average Bonchev–Trinajstić information content (AvgIpc) is 2.57. The molecule has 0 heterocycles. The van der Waals surface area contributed by atoms with Crippen LogP contribution >= 0.6 is 11.6 Å². The summed E-state index contributed by atoms with van der Waals surface area (Å²) in [4.78, 5) is 0. The zero-order valence-corrected chi connectivity index (χ0v) is 14.9. The van der Waals surface area contributed by atoms with E-state index in [1.807, 2.05) is 60.7 Å². The molecule has 0 aromatic heterocycles. The first-order chi connectivity index (χ1) is 12.1. The van der Waals surface area contributed by atoms with Gasteiger partial charge < -0.3 is 4.74 Å². The molecule has 25 heavy (non-hydrogen) atoms. The van der Waals surface area contributed by atoms with Crippen LogP contribution in [0.2, 0.25) is 5.02 Å². The largest absolute Gasteiger partial charge is 0.457 e. The van der Waals surface area contributed by atoms with Gasteiger partial charge in [0.2, 0.25) is 0 Å². The van der Waals surface area contributed by atoms with Crippen molar-refractivity contribution in [2.75, 3.05) is 5.43 Å². The quantitative estimate of drug-likeness (QED) is 0.439. The molecule has 0 saturated carbocycles. The first kappa shape index (κ1) is 17.1. The van der Waals surface area contributed by atoms with Crippen LogP contribution in [0, 0.1) is 13.8 Å². The SMILES string of the molecule is Cc1cc(C)cc(Oc2ccc(C=NNc3ccc(Cl)cc3)cc2)c1. The van der Waals surface area contributed by atoms with Crippen molar-refractivity contribution in [3.8, 4) is 11.5 Å². The van der Waals surface area contributed by atoms with E-state index in [0.717, 1.165) is 22.7 Å². The molecular formula is C21H19ClN2O. The Bertz CT molecular complexity index is 851. The van der Waals surface area contributed by atoms with Crippen molar-refractivity contribution in [2.24, 2.45) is 5.10 Å². The predicted octanol–water partition coefficient (Wildman–Crippen LogP) is 6.20. The molecule has 0 fully saturated rings. The number of hydrogen-bond donors (Lipinski definition) is 1. The molecule has 0 unspecified atom stereocenters. The minimum Gasteiger partial charge on any atom is -0.457 e. The van der Waals surface area contributed by atoms with Crippen LogP contribution in [0.15, 0.2) is 71.8 Å². The van der Waals surface area contributed by atoms with Crippen LogP contribution in [0.25, 0.3) is 0 Å². The molecule has 3 nitrogen and oxygen atoms in total. The van der Waals surface area contributed by atoms with Crippen LogP contribution in [0.4, 0.5) is 5.69 Å². The van der Waals surface area contributed by atoms with Gasteiger partial charge in [-0.15, -0.1) is 0 Å². The molecule has 3 aromatic carbocycles. The van der Waals surface area contributed by atoms with Crippen LogP contribution in [0.3, 0.4) is 0 Å². The first-order valence-corrected chi connectivity index (χ1v) is 8.37. The maximum Gasteiger partial charge on any atom is 0.127 e. The van der Waals surface area contributed by atoms with Gasteiger partial charge in [-0.05, 0) is 91.2 Å². The fourth-order valence-corrected chi connectivity index (χ4v) is 2.58. The maximum absolute atomic E-state index is 5.91. The zero-order chi connectivity index (χ0) is 17.6. The van der Waals surface area contributed by atoms with E-state index in [1.165, 1.54) is 11.1 Å². The Hall–Kier alpha value is -2.78. The molecule has 0 aliphatic carbocycles. The third-order valence-corrected chi connectivity index (χ3v) is 3.81. The number of hydrazone groups is 1. The summed E-state index contributed by atoms with van der Waals surface area (Å²) in [6.45, 7) is 4.13. The first-order valence-electron chi connectivity index (χ1n) is 7.99. The van der Waals surface area contributed by atoms with Crippen LogP contribution in [0.1, 0.15) is 16.7 Å². The minimum atomic E-state index is 0.703. The average molecular weight is 351 g/mol. The number of anilines is 1. The van der Waals surface area contributed by atoms with Crippen molar-refractivity contribution >= 4 is 23.5 Å². The lowest BCUT2D eigenvalue weighted by atomic mass is 10.1. The lowest BCUT2D eigenvalue weighted by Crippen LogP contribution is -1.91. The van der Waals surface area contributed by atoms with Crippen molar-refractivity contribution in [1.82, 2.24) is 0 Å². The van der Waals surface area contributed by atoms with Gasteiger partial charge in [-0.25, -0.2) is 0 Å². The number of rotatable bonds is 5. The number of halogens is 1. The molecule has 0 aliphatic rings. The van der Waals surface area contributed by atoms with Gasteiger partial charge in [-0.1, -0.05) is 17.7 Å². The summed E-state index contributed by atoms with van der Waals surface area (Å²) in [5.41, 5.74) is 7.21. The summed E-state index contributed by atoms with van der Waals surface area (Å²) >= 11 is 5.85. The molecule has 0 amide bonds. The van der Waals surface area contributed by atoms with Gasteiger partial charge in [0.1, 0.15) is 11.5 Å². The minimum absolute atomic E-state index is 0.703. The van der Waals surface area contributed by atoms with Crippen molar-refractivity contribution < 1.29 is 4.74 Å². The highest BCUT2D eigenvalue weighted by Crippen LogP contribution is 2.23. The molecule has 0 radical (unpaired) electrons. The smallest absolute Gasteiger partial charge is 0.127 e. The van der Waals surface area contributed by atoms with Crippen molar-refractivity contribution in [3.63, 3.8) is 0 Å². The van der Waals surface area contributed by atoms with Crippen LogP contribution in [-0.4, -0.2) is 6.21 Å². The fourth-order valence-electron chi connectivity index (χ4n) is 2.46. The molecule has 0 aliphatic heterocycles. The monoisotopic (exact) mass is 350 g/mol. The van der Waals surface area contributed by atoms with Gasteiger partial charge >= 0.3 is 0 Å². The molecule has 4 heteroatoms. The second kappa shape index (κ2) is 7.86. The lowest BCUT2D eigenvalue weighted by Gasteiger charge is -2.08. The fraction of sp³-hybridized carbons (Fsp3) is 0.0952. The summed E-state index contributed by atoms with van der Waals surface area (Å²) < 4.78 is 5.91.